The number of hydrogen-bond donors (Lipinski definition) is 2. The van der Waals surface area contributed by atoms with E-state index in [0.29, 0.717) is 12.2 Å². The summed E-state index contributed by atoms with van der Waals surface area (Å²) < 4.78 is 0. The summed E-state index contributed by atoms with van der Waals surface area (Å²) in [6.45, 7) is 3.81. The molecule has 0 spiro atoms. The first-order chi connectivity index (χ1) is 8.56. The maximum absolute atomic E-state index is 11.6. The Morgan fingerprint density at radius 1 is 1.50 bits per heavy atom. The predicted octanol–water partition coefficient (Wildman–Crippen LogP) is 2.05. The number of aliphatic hydroxyl groups excluding tert-OH is 1. The van der Waals surface area contributed by atoms with Crippen LogP contribution >= 0.6 is 11.6 Å². The molecule has 1 atom stereocenters. The van der Waals surface area contributed by atoms with Gasteiger partial charge >= 0.3 is 0 Å². The molecule has 1 aromatic carbocycles. The van der Waals surface area contributed by atoms with E-state index < -0.39 is 5.38 Å². The average molecular weight is 269 g/mol. The summed E-state index contributed by atoms with van der Waals surface area (Å²) in [6, 6.07) is 7.36. The highest BCUT2D eigenvalue weighted by atomic mass is 35.5. The molecule has 0 bridgehead atoms. The van der Waals surface area contributed by atoms with Crippen LogP contribution in [0.2, 0.25) is 0 Å². The van der Waals surface area contributed by atoms with E-state index >= 15 is 0 Å². The minimum atomic E-state index is -0.590. The van der Waals surface area contributed by atoms with Gasteiger partial charge in [0.25, 0.3) is 0 Å². The summed E-state index contributed by atoms with van der Waals surface area (Å²) in [7, 11) is 0. The third-order valence-electron chi connectivity index (χ3n) is 2.38. The van der Waals surface area contributed by atoms with Gasteiger partial charge in [0, 0.05) is 17.0 Å². The van der Waals surface area contributed by atoms with Gasteiger partial charge in [0.15, 0.2) is 0 Å². The first-order valence-corrected chi connectivity index (χ1v) is 6.16. The number of carbonyl (C=O) groups is 1. The van der Waals surface area contributed by atoms with Crippen LogP contribution in [0.15, 0.2) is 29.3 Å². The Kier molecular flexibility index (Phi) is 5.82. The Bertz CT molecular complexity index is 444. The maximum Gasteiger partial charge on any atom is 0.242 e. The number of alkyl halides is 1. The molecule has 1 aromatic rings. The van der Waals surface area contributed by atoms with Gasteiger partial charge in [0.2, 0.25) is 5.91 Å². The molecule has 18 heavy (non-hydrogen) atoms. The van der Waals surface area contributed by atoms with Crippen LogP contribution in [-0.2, 0) is 4.79 Å². The second kappa shape index (κ2) is 7.13. The number of aliphatic hydroxyl groups is 1. The molecule has 1 rings (SSSR count). The van der Waals surface area contributed by atoms with E-state index in [4.69, 9.17) is 16.7 Å². The monoisotopic (exact) mass is 268 g/mol. The van der Waals surface area contributed by atoms with Crippen LogP contribution in [0.3, 0.4) is 0 Å². The lowest BCUT2D eigenvalue weighted by atomic mass is 10.1. The van der Waals surface area contributed by atoms with Crippen LogP contribution in [0.1, 0.15) is 19.4 Å². The van der Waals surface area contributed by atoms with Crippen LogP contribution in [0.4, 0.5) is 5.69 Å². The van der Waals surface area contributed by atoms with Crippen LogP contribution in [0, 0.1) is 0 Å². The Hall–Kier alpha value is -1.39. The molecule has 0 saturated heterocycles. The molecule has 0 heterocycles. The number of nitrogens with one attached hydrogen (secondary N) is 1. The van der Waals surface area contributed by atoms with Gasteiger partial charge in [-0.3, -0.25) is 9.79 Å². The SMILES string of the molecule is CC(=NCCO)c1ccccc1NC(=O)C(C)Cl. The lowest BCUT2D eigenvalue weighted by Gasteiger charge is -2.11. The largest absolute Gasteiger partial charge is 0.394 e. The van der Waals surface area contributed by atoms with Crippen LogP contribution in [0.25, 0.3) is 0 Å². The second-order valence-corrected chi connectivity index (χ2v) is 4.50. The Morgan fingerprint density at radius 2 is 2.17 bits per heavy atom. The van der Waals surface area contributed by atoms with Crippen molar-refractivity contribution in [1.82, 2.24) is 0 Å². The molecule has 0 aliphatic rings. The van der Waals surface area contributed by atoms with Gasteiger partial charge in [-0.2, -0.15) is 0 Å². The standard InChI is InChI=1S/C13H17ClN2O2/c1-9(14)13(18)16-12-6-4-3-5-11(12)10(2)15-7-8-17/h3-6,9,17H,7-8H2,1-2H3,(H,16,18). The molecule has 0 radical (unpaired) electrons. The van der Waals surface area contributed by atoms with E-state index in [2.05, 4.69) is 10.3 Å². The van der Waals surface area contributed by atoms with Gasteiger partial charge in [-0.05, 0) is 19.9 Å². The Labute approximate surface area is 112 Å². The number of rotatable bonds is 5. The molecule has 0 aliphatic carbocycles. The van der Waals surface area contributed by atoms with Crippen molar-refractivity contribution < 1.29 is 9.90 Å². The summed E-state index contributed by atoms with van der Waals surface area (Å²) in [5, 5.41) is 10.9. The van der Waals surface area contributed by atoms with Crippen molar-refractivity contribution >= 4 is 28.9 Å². The molecule has 5 heteroatoms. The van der Waals surface area contributed by atoms with E-state index in [1.54, 1.807) is 13.0 Å². The summed E-state index contributed by atoms with van der Waals surface area (Å²) in [6.07, 6.45) is 0. The molecule has 0 aromatic heterocycles. The first-order valence-electron chi connectivity index (χ1n) is 5.72. The molecule has 0 saturated carbocycles. The zero-order valence-electron chi connectivity index (χ0n) is 10.5. The van der Waals surface area contributed by atoms with Crippen molar-refractivity contribution in [2.45, 2.75) is 19.2 Å². The molecule has 4 nitrogen and oxygen atoms in total. The summed E-state index contributed by atoms with van der Waals surface area (Å²) >= 11 is 5.72. The predicted molar refractivity (Wildman–Crippen MR) is 74.6 cm³/mol. The van der Waals surface area contributed by atoms with Gasteiger partial charge in [-0.1, -0.05) is 18.2 Å². The third kappa shape index (κ3) is 4.13. The van der Waals surface area contributed by atoms with E-state index in [0.717, 1.165) is 11.3 Å². The summed E-state index contributed by atoms with van der Waals surface area (Å²) in [5.41, 5.74) is 2.27. The maximum atomic E-state index is 11.6. The number of anilines is 1. The quantitative estimate of drug-likeness (QED) is 0.634. The van der Waals surface area contributed by atoms with E-state index in [1.807, 2.05) is 25.1 Å². The van der Waals surface area contributed by atoms with Gasteiger partial charge < -0.3 is 10.4 Å². The Balaban J connectivity index is 2.96. The lowest BCUT2D eigenvalue weighted by Crippen LogP contribution is -2.21. The van der Waals surface area contributed by atoms with Crippen molar-refractivity contribution in [1.29, 1.82) is 0 Å². The van der Waals surface area contributed by atoms with Crippen molar-refractivity contribution in [2.24, 2.45) is 4.99 Å². The molecule has 0 aliphatic heterocycles. The fourth-order valence-electron chi connectivity index (χ4n) is 1.44. The molecule has 98 valence electrons. The van der Waals surface area contributed by atoms with Gasteiger partial charge in [0.1, 0.15) is 5.38 Å². The zero-order valence-corrected chi connectivity index (χ0v) is 11.2. The molecule has 1 amide bonds. The van der Waals surface area contributed by atoms with Crippen molar-refractivity contribution in [2.75, 3.05) is 18.5 Å². The highest BCUT2D eigenvalue weighted by Crippen LogP contribution is 2.17. The zero-order chi connectivity index (χ0) is 13.5. The fourth-order valence-corrected chi connectivity index (χ4v) is 1.50. The highest BCUT2D eigenvalue weighted by molar-refractivity contribution is 6.32. The molecule has 2 N–H and O–H groups in total. The molecular formula is C13H17ClN2O2. The van der Waals surface area contributed by atoms with Gasteiger partial charge in [-0.15, -0.1) is 11.6 Å². The second-order valence-electron chi connectivity index (χ2n) is 3.84. The number of carbonyl (C=O) groups excluding carboxylic acids is 1. The molecular weight excluding hydrogens is 252 g/mol. The van der Waals surface area contributed by atoms with Crippen molar-refractivity contribution in [3.8, 4) is 0 Å². The van der Waals surface area contributed by atoms with E-state index in [-0.39, 0.29) is 12.5 Å². The normalized spacial score (nSPS) is 13.2. The van der Waals surface area contributed by atoms with Crippen LogP contribution in [-0.4, -0.2) is 35.3 Å². The van der Waals surface area contributed by atoms with Gasteiger partial charge in [0.05, 0.1) is 13.2 Å². The average Bonchev–Trinajstić information content (AvgIpc) is 2.36. The van der Waals surface area contributed by atoms with Crippen molar-refractivity contribution in [3.63, 3.8) is 0 Å². The molecule has 0 fully saturated rings. The minimum absolute atomic E-state index is 0.00454. The number of nitrogens with zero attached hydrogens (tertiary/aromatic N) is 1. The number of benzene rings is 1. The number of hydrogen-bond acceptors (Lipinski definition) is 3. The third-order valence-corrected chi connectivity index (χ3v) is 2.58. The number of amides is 1. The number of halogens is 1. The van der Waals surface area contributed by atoms with E-state index in [9.17, 15) is 4.79 Å². The lowest BCUT2D eigenvalue weighted by molar-refractivity contribution is -0.115. The van der Waals surface area contributed by atoms with E-state index in [1.165, 1.54) is 0 Å². The Morgan fingerprint density at radius 3 is 2.78 bits per heavy atom. The van der Waals surface area contributed by atoms with Crippen molar-refractivity contribution in [3.05, 3.63) is 29.8 Å². The smallest absolute Gasteiger partial charge is 0.242 e. The minimum Gasteiger partial charge on any atom is -0.394 e. The van der Waals surface area contributed by atoms with Crippen LogP contribution < -0.4 is 5.32 Å². The highest BCUT2D eigenvalue weighted by Gasteiger charge is 2.12. The number of aliphatic imine (C=N–C) groups is 1. The molecule has 1 unspecified atom stereocenters. The topological polar surface area (TPSA) is 61.7 Å². The van der Waals surface area contributed by atoms with Gasteiger partial charge in [-0.25, -0.2) is 0 Å². The fraction of sp³-hybridized carbons (Fsp3) is 0.385. The first kappa shape index (κ1) is 14.7. The van der Waals surface area contributed by atoms with Crippen LogP contribution in [0.5, 0.6) is 0 Å². The number of para-hydroxylation sites is 1. The summed E-state index contributed by atoms with van der Waals surface area (Å²) in [4.78, 5) is 15.8. The summed E-state index contributed by atoms with van der Waals surface area (Å²) in [5.74, 6) is -0.251.